The quantitative estimate of drug-likeness (QED) is 0.599. The standard InChI is InChI=1S/C12H16N2O2/c13-10-5-9(6-11(14)7-10)12(15)16-4-3-8-1-2-8/h5-8H,1-4,13-14H2. The van der Waals surface area contributed by atoms with Crippen LogP contribution in [0.4, 0.5) is 11.4 Å². The van der Waals surface area contributed by atoms with Crippen LogP contribution in [0.5, 0.6) is 0 Å². The van der Waals surface area contributed by atoms with Crippen LogP contribution in [0, 0.1) is 5.92 Å². The summed E-state index contributed by atoms with van der Waals surface area (Å²) in [5.74, 6) is 0.415. The van der Waals surface area contributed by atoms with Gasteiger partial charge >= 0.3 is 5.97 Å². The van der Waals surface area contributed by atoms with Crippen molar-refractivity contribution in [1.29, 1.82) is 0 Å². The van der Waals surface area contributed by atoms with E-state index < -0.39 is 0 Å². The molecule has 0 saturated heterocycles. The highest BCUT2D eigenvalue weighted by atomic mass is 16.5. The molecule has 1 aliphatic rings. The van der Waals surface area contributed by atoms with Crippen LogP contribution in [0.3, 0.4) is 0 Å². The minimum absolute atomic E-state index is 0.348. The number of hydrogen-bond acceptors (Lipinski definition) is 4. The van der Waals surface area contributed by atoms with Gasteiger partial charge in [-0.1, -0.05) is 12.8 Å². The molecule has 1 fully saturated rings. The second-order valence-corrected chi connectivity index (χ2v) is 4.26. The van der Waals surface area contributed by atoms with E-state index >= 15 is 0 Å². The predicted molar refractivity (Wildman–Crippen MR) is 62.9 cm³/mol. The maximum absolute atomic E-state index is 11.6. The Hall–Kier alpha value is -1.71. The minimum atomic E-state index is -0.348. The molecule has 1 aromatic rings. The Morgan fingerprint density at radius 1 is 1.25 bits per heavy atom. The molecular weight excluding hydrogens is 204 g/mol. The van der Waals surface area contributed by atoms with Gasteiger partial charge in [-0.2, -0.15) is 0 Å². The molecule has 0 bridgehead atoms. The highest BCUT2D eigenvalue weighted by molar-refractivity contribution is 5.91. The van der Waals surface area contributed by atoms with Crippen molar-refractivity contribution in [3.8, 4) is 0 Å². The second-order valence-electron chi connectivity index (χ2n) is 4.26. The molecule has 0 radical (unpaired) electrons. The summed E-state index contributed by atoms with van der Waals surface area (Å²) in [6.45, 7) is 0.484. The Balaban J connectivity index is 1.91. The van der Waals surface area contributed by atoms with Gasteiger partial charge in [0.15, 0.2) is 0 Å². The number of ether oxygens (including phenoxy) is 1. The lowest BCUT2D eigenvalue weighted by molar-refractivity contribution is 0.0495. The zero-order valence-corrected chi connectivity index (χ0v) is 9.11. The molecule has 86 valence electrons. The van der Waals surface area contributed by atoms with Gasteiger partial charge in [0.1, 0.15) is 0 Å². The molecule has 0 spiro atoms. The molecule has 0 atom stereocenters. The SMILES string of the molecule is Nc1cc(N)cc(C(=O)OCCC2CC2)c1. The molecule has 0 aliphatic heterocycles. The first-order chi connectivity index (χ1) is 7.65. The summed E-state index contributed by atoms with van der Waals surface area (Å²) < 4.78 is 5.14. The third kappa shape index (κ3) is 2.89. The smallest absolute Gasteiger partial charge is 0.338 e. The van der Waals surface area contributed by atoms with Crippen molar-refractivity contribution in [2.45, 2.75) is 19.3 Å². The van der Waals surface area contributed by atoms with Gasteiger partial charge in [0.05, 0.1) is 12.2 Å². The highest BCUT2D eigenvalue weighted by Crippen LogP contribution is 2.32. The summed E-state index contributed by atoms with van der Waals surface area (Å²) in [5.41, 5.74) is 12.6. The Kier molecular flexibility index (Phi) is 2.99. The molecule has 0 unspecified atom stereocenters. The molecule has 1 saturated carbocycles. The van der Waals surface area contributed by atoms with Crippen molar-refractivity contribution in [2.75, 3.05) is 18.1 Å². The lowest BCUT2D eigenvalue weighted by Crippen LogP contribution is -2.08. The number of carbonyl (C=O) groups is 1. The number of benzene rings is 1. The van der Waals surface area contributed by atoms with Crippen molar-refractivity contribution in [3.05, 3.63) is 23.8 Å². The molecular formula is C12H16N2O2. The average molecular weight is 220 g/mol. The molecule has 4 nitrogen and oxygen atoms in total. The molecule has 16 heavy (non-hydrogen) atoms. The van der Waals surface area contributed by atoms with E-state index in [-0.39, 0.29) is 5.97 Å². The van der Waals surface area contributed by atoms with E-state index in [2.05, 4.69) is 0 Å². The molecule has 0 heterocycles. The van der Waals surface area contributed by atoms with Gasteiger partial charge in [-0.3, -0.25) is 0 Å². The molecule has 2 rings (SSSR count). The molecule has 1 aliphatic carbocycles. The van der Waals surface area contributed by atoms with E-state index in [4.69, 9.17) is 16.2 Å². The summed E-state index contributed by atoms with van der Waals surface area (Å²) in [6.07, 6.45) is 3.50. The van der Waals surface area contributed by atoms with E-state index in [0.717, 1.165) is 12.3 Å². The van der Waals surface area contributed by atoms with Crippen molar-refractivity contribution in [2.24, 2.45) is 5.92 Å². The van der Waals surface area contributed by atoms with Gasteiger partial charge in [-0.05, 0) is 30.5 Å². The maximum atomic E-state index is 11.6. The maximum Gasteiger partial charge on any atom is 0.338 e. The number of nitrogens with two attached hydrogens (primary N) is 2. The lowest BCUT2D eigenvalue weighted by atomic mass is 10.2. The van der Waals surface area contributed by atoms with Crippen LogP contribution < -0.4 is 11.5 Å². The van der Waals surface area contributed by atoms with Crippen molar-refractivity contribution in [1.82, 2.24) is 0 Å². The number of hydrogen-bond donors (Lipinski definition) is 2. The van der Waals surface area contributed by atoms with Crippen LogP contribution in [0.25, 0.3) is 0 Å². The molecule has 4 N–H and O–H groups in total. The van der Waals surface area contributed by atoms with Gasteiger partial charge in [-0.25, -0.2) is 4.79 Å². The number of anilines is 2. The first-order valence-electron chi connectivity index (χ1n) is 5.48. The summed E-state index contributed by atoms with van der Waals surface area (Å²) >= 11 is 0. The topological polar surface area (TPSA) is 78.3 Å². The Morgan fingerprint density at radius 2 is 1.88 bits per heavy atom. The third-order valence-corrected chi connectivity index (χ3v) is 2.67. The Bertz CT molecular complexity index is 380. The number of carbonyl (C=O) groups excluding carboxylic acids is 1. The van der Waals surface area contributed by atoms with Crippen molar-refractivity contribution < 1.29 is 9.53 Å². The summed E-state index contributed by atoms with van der Waals surface area (Å²) in [6, 6.07) is 4.77. The normalized spacial score (nSPS) is 14.8. The fourth-order valence-electron chi connectivity index (χ4n) is 1.60. The van der Waals surface area contributed by atoms with Gasteiger partial charge in [0.2, 0.25) is 0 Å². The first kappa shape index (κ1) is 10.8. The number of nitrogen functional groups attached to an aromatic ring is 2. The van der Waals surface area contributed by atoms with Crippen molar-refractivity contribution >= 4 is 17.3 Å². The largest absolute Gasteiger partial charge is 0.462 e. The fraction of sp³-hybridized carbons (Fsp3) is 0.417. The number of esters is 1. The van der Waals surface area contributed by atoms with Gasteiger partial charge in [0, 0.05) is 11.4 Å². The van der Waals surface area contributed by atoms with Gasteiger partial charge in [-0.15, -0.1) is 0 Å². The third-order valence-electron chi connectivity index (χ3n) is 2.67. The molecule has 0 amide bonds. The zero-order valence-electron chi connectivity index (χ0n) is 9.11. The summed E-state index contributed by atoms with van der Waals surface area (Å²) in [4.78, 5) is 11.6. The average Bonchev–Trinajstić information content (AvgIpc) is 3.00. The highest BCUT2D eigenvalue weighted by Gasteiger charge is 2.21. The van der Waals surface area contributed by atoms with Crippen LogP contribution in [0.15, 0.2) is 18.2 Å². The molecule has 0 aromatic heterocycles. The summed E-state index contributed by atoms with van der Waals surface area (Å²) in [5, 5.41) is 0. The Morgan fingerprint density at radius 3 is 2.44 bits per heavy atom. The van der Waals surface area contributed by atoms with Gasteiger partial charge < -0.3 is 16.2 Å². The number of rotatable bonds is 4. The van der Waals surface area contributed by atoms with E-state index in [1.807, 2.05) is 0 Å². The minimum Gasteiger partial charge on any atom is -0.462 e. The molecule has 1 aromatic carbocycles. The van der Waals surface area contributed by atoms with E-state index in [9.17, 15) is 4.79 Å². The van der Waals surface area contributed by atoms with Crippen LogP contribution >= 0.6 is 0 Å². The second kappa shape index (κ2) is 4.43. The van der Waals surface area contributed by atoms with Crippen LogP contribution in [-0.4, -0.2) is 12.6 Å². The van der Waals surface area contributed by atoms with E-state index in [1.54, 1.807) is 18.2 Å². The van der Waals surface area contributed by atoms with Crippen molar-refractivity contribution in [3.63, 3.8) is 0 Å². The predicted octanol–water partition coefficient (Wildman–Crippen LogP) is 1.81. The van der Waals surface area contributed by atoms with Crippen LogP contribution in [0.2, 0.25) is 0 Å². The Labute approximate surface area is 94.6 Å². The lowest BCUT2D eigenvalue weighted by Gasteiger charge is -2.05. The van der Waals surface area contributed by atoms with Crippen LogP contribution in [0.1, 0.15) is 29.6 Å². The molecule has 4 heteroatoms. The van der Waals surface area contributed by atoms with E-state index in [0.29, 0.717) is 23.5 Å². The fourth-order valence-corrected chi connectivity index (χ4v) is 1.60. The monoisotopic (exact) mass is 220 g/mol. The van der Waals surface area contributed by atoms with E-state index in [1.165, 1.54) is 12.8 Å². The van der Waals surface area contributed by atoms with Crippen LogP contribution in [-0.2, 0) is 4.74 Å². The summed E-state index contributed by atoms with van der Waals surface area (Å²) in [7, 11) is 0. The van der Waals surface area contributed by atoms with Gasteiger partial charge in [0.25, 0.3) is 0 Å². The first-order valence-corrected chi connectivity index (χ1v) is 5.48. The zero-order chi connectivity index (χ0) is 11.5.